The predicted octanol–water partition coefficient (Wildman–Crippen LogP) is 0.905. The molecule has 1 atom stereocenters. The van der Waals surface area contributed by atoms with Crippen molar-refractivity contribution < 1.29 is 22.7 Å². The lowest BCUT2D eigenvalue weighted by molar-refractivity contribution is -0.118. The average Bonchev–Trinajstić information content (AvgIpc) is 2.97. The summed E-state index contributed by atoms with van der Waals surface area (Å²) in [6.07, 6.45) is 1.35. The molecular weight excluding hydrogens is 306 g/mol. The molecule has 2 rings (SSSR count). The first-order chi connectivity index (χ1) is 10.5. The van der Waals surface area contributed by atoms with Gasteiger partial charge < -0.3 is 14.8 Å². The lowest BCUT2D eigenvalue weighted by Gasteiger charge is -2.10. The van der Waals surface area contributed by atoms with Crippen molar-refractivity contribution in [1.29, 1.82) is 0 Å². The number of hydrogen-bond donors (Lipinski definition) is 1. The predicted molar refractivity (Wildman–Crippen MR) is 82.5 cm³/mol. The second-order valence-corrected chi connectivity index (χ2v) is 7.43. The van der Waals surface area contributed by atoms with Crippen LogP contribution in [0.1, 0.15) is 18.4 Å². The van der Waals surface area contributed by atoms with Gasteiger partial charge in [-0.05, 0) is 30.5 Å². The normalized spacial score (nSPS) is 18.1. The molecule has 122 valence electrons. The summed E-state index contributed by atoms with van der Waals surface area (Å²) in [5.74, 6) is -0.394. The molecule has 0 saturated carbocycles. The minimum atomic E-state index is -3.44. The Morgan fingerprint density at radius 3 is 2.95 bits per heavy atom. The molecule has 1 heterocycles. The van der Waals surface area contributed by atoms with Gasteiger partial charge in [0.2, 0.25) is 5.91 Å². The molecule has 0 radical (unpaired) electrons. The molecule has 0 unspecified atom stereocenters. The van der Waals surface area contributed by atoms with E-state index in [-0.39, 0.29) is 18.4 Å². The van der Waals surface area contributed by atoms with E-state index in [4.69, 9.17) is 9.47 Å². The number of nitrogens with one attached hydrogen (secondary N) is 1. The minimum absolute atomic E-state index is 0.0838. The van der Waals surface area contributed by atoms with E-state index in [1.54, 1.807) is 19.2 Å². The van der Waals surface area contributed by atoms with E-state index >= 15 is 0 Å². The Balaban J connectivity index is 1.81. The number of carbonyl (C=O) groups is 1. The summed E-state index contributed by atoms with van der Waals surface area (Å²) in [6.45, 7) is 0.869. The van der Waals surface area contributed by atoms with Crippen LogP contribution in [0.2, 0.25) is 0 Å². The third kappa shape index (κ3) is 5.31. The Bertz CT molecular complexity index is 608. The molecule has 0 aliphatic carbocycles. The fourth-order valence-corrected chi connectivity index (χ4v) is 3.80. The second kappa shape index (κ2) is 7.60. The van der Waals surface area contributed by atoms with E-state index in [1.165, 1.54) is 0 Å². The number of sulfone groups is 1. The lowest BCUT2D eigenvalue weighted by atomic mass is 10.2. The third-order valence-corrected chi connectivity index (χ3v) is 5.02. The van der Waals surface area contributed by atoms with Crippen molar-refractivity contribution in [3.05, 3.63) is 29.8 Å². The molecule has 1 aromatic carbocycles. The van der Waals surface area contributed by atoms with E-state index in [0.717, 1.165) is 18.4 Å². The highest BCUT2D eigenvalue weighted by molar-refractivity contribution is 7.92. The molecule has 1 saturated heterocycles. The summed E-state index contributed by atoms with van der Waals surface area (Å²) in [7, 11) is -1.88. The van der Waals surface area contributed by atoms with Crippen molar-refractivity contribution in [2.24, 2.45) is 0 Å². The maximum atomic E-state index is 11.9. The van der Waals surface area contributed by atoms with Gasteiger partial charge in [-0.15, -0.1) is 0 Å². The molecule has 0 bridgehead atoms. The maximum absolute atomic E-state index is 11.9. The number of methoxy groups -OCH3 is 1. The molecule has 0 spiro atoms. The van der Waals surface area contributed by atoms with Crippen molar-refractivity contribution in [2.75, 3.05) is 25.2 Å². The Kier molecular flexibility index (Phi) is 5.79. The van der Waals surface area contributed by atoms with Gasteiger partial charge in [-0.25, -0.2) is 8.42 Å². The highest BCUT2D eigenvalue weighted by Gasteiger charge is 2.25. The number of carbonyl (C=O) groups excluding carboxylic acids is 1. The van der Waals surface area contributed by atoms with Crippen LogP contribution in [0.4, 0.5) is 0 Å². The van der Waals surface area contributed by atoms with Crippen molar-refractivity contribution in [2.45, 2.75) is 25.5 Å². The summed E-state index contributed by atoms with van der Waals surface area (Å²) in [5, 5.41) is 2.62. The zero-order valence-electron chi connectivity index (χ0n) is 12.6. The molecule has 1 aromatic rings. The smallest absolute Gasteiger partial charge is 0.235 e. The van der Waals surface area contributed by atoms with E-state index in [0.29, 0.717) is 12.4 Å². The van der Waals surface area contributed by atoms with Crippen LogP contribution >= 0.6 is 0 Å². The van der Waals surface area contributed by atoms with Gasteiger partial charge in [-0.1, -0.05) is 12.1 Å². The third-order valence-electron chi connectivity index (χ3n) is 3.44. The largest absolute Gasteiger partial charge is 0.497 e. The first-order valence-electron chi connectivity index (χ1n) is 7.20. The molecule has 1 amide bonds. The molecular formula is C15H21NO5S. The number of hydrogen-bond acceptors (Lipinski definition) is 5. The van der Waals surface area contributed by atoms with Gasteiger partial charge in [0.25, 0.3) is 0 Å². The fraction of sp³-hybridized carbons (Fsp3) is 0.533. The molecule has 1 aliphatic rings. The fourth-order valence-electron chi connectivity index (χ4n) is 2.35. The van der Waals surface area contributed by atoms with E-state index in [2.05, 4.69) is 5.32 Å². The summed E-state index contributed by atoms with van der Waals surface area (Å²) in [6, 6.07) is 7.25. The molecule has 22 heavy (non-hydrogen) atoms. The van der Waals surface area contributed by atoms with Gasteiger partial charge in [-0.2, -0.15) is 0 Å². The van der Waals surface area contributed by atoms with Gasteiger partial charge >= 0.3 is 0 Å². The number of rotatable bonds is 7. The highest BCUT2D eigenvalue weighted by atomic mass is 32.2. The molecule has 1 N–H and O–H groups in total. The Labute approximate surface area is 130 Å². The van der Waals surface area contributed by atoms with Crippen LogP contribution in [-0.4, -0.2) is 45.7 Å². The quantitative estimate of drug-likeness (QED) is 0.805. The van der Waals surface area contributed by atoms with Crippen molar-refractivity contribution >= 4 is 15.7 Å². The van der Waals surface area contributed by atoms with Gasteiger partial charge in [0.1, 0.15) is 11.5 Å². The highest BCUT2D eigenvalue weighted by Crippen LogP contribution is 2.14. The molecule has 0 aromatic heterocycles. The summed E-state index contributed by atoms with van der Waals surface area (Å²) in [5.41, 5.74) is 0.851. The molecule has 7 heteroatoms. The topological polar surface area (TPSA) is 81.7 Å². The van der Waals surface area contributed by atoms with E-state index < -0.39 is 21.5 Å². The standard InChI is InChI=1S/C15H21NO5S/c1-20-13-5-2-4-12(8-13)9-16-15(17)11-22(18,19)10-14-6-3-7-21-14/h2,4-5,8,14H,3,6-7,9-11H2,1H3,(H,16,17)/t14-/m0/s1. The van der Waals surface area contributed by atoms with Crippen LogP contribution in [0.15, 0.2) is 24.3 Å². The monoisotopic (exact) mass is 327 g/mol. The van der Waals surface area contributed by atoms with Crippen molar-refractivity contribution in [1.82, 2.24) is 5.32 Å². The van der Waals surface area contributed by atoms with Gasteiger partial charge in [0.15, 0.2) is 9.84 Å². The van der Waals surface area contributed by atoms with E-state index in [1.807, 2.05) is 12.1 Å². The van der Waals surface area contributed by atoms with Gasteiger partial charge in [0, 0.05) is 13.2 Å². The van der Waals surface area contributed by atoms with E-state index in [9.17, 15) is 13.2 Å². The average molecular weight is 327 g/mol. The zero-order chi connectivity index (χ0) is 16.0. The van der Waals surface area contributed by atoms with Crippen LogP contribution < -0.4 is 10.1 Å². The summed E-state index contributed by atoms with van der Waals surface area (Å²) < 4.78 is 34.3. The zero-order valence-corrected chi connectivity index (χ0v) is 13.4. The van der Waals surface area contributed by atoms with Crippen molar-refractivity contribution in [3.63, 3.8) is 0 Å². The number of benzene rings is 1. The minimum Gasteiger partial charge on any atom is -0.497 e. The molecule has 6 nitrogen and oxygen atoms in total. The Morgan fingerprint density at radius 2 is 2.27 bits per heavy atom. The number of amides is 1. The summed E-state index contributed by atoms with van der Waals surface area (Å²) in [4.78, 5) is 11.8. The lowest BCUT2D eigenvalue weighted by Crippen LogP contribution is -2.33. The van der Waals surface area contributed by atoms with Crippen molar-refractivity contribution in [3.8, 4) is 5.75 Å². The second-order valence-electron chi connectivity index (χ2n) is 5.32. The number of ether oxygens (including phenoxy) is 2. The van der Waals surface area contributed by atoms with Crippen LogP contribution in [-0.2, 0) is 25.9 Å². The SMILES string of the molecule is COc1cccc(CNC(=O)CS(=O)(=O)C[C@@H]2CCCO2)c1. The first kappa shape index (κ1) is 16.8. The first-order valence-corrected chi connectivity index (χ1v) is 9.02. The van der Waals surface area contributed by atoms with Crippen LogP contribution in [0.25, 0.3) is 0 Å². The summed E-state index contributed by atoms with van der Waals surface area (Å²) >= 11 is 0. The van der Waals surface area contributed by atoms with Gasteiger partial charge in [-0.3, -0.25) is 4.79 Å². The van der Waals surface area contributed by atoms with Crippen LogP contribution in [0.5, 0.6) is 5.75 Å². The Hall–Kier alpha value is -1.60. The van der Waals surface area contributed by atoms with Gasteiger partial charge in [0.05, 0.1) is 19.0 Å². The Morgan fingerprint density at radius 1 is 1.45 bits per heavy atom. The maximum Gasteiger partial charge on any atom is 0.235 e. The van der Waals surface area contributed by atoms with Crippen LogP contribution in [0.3, 0.4) is 0 Å². The molecule has 1 fully saturated rings. The molecule has 1 aliphatic heterocycles. The van der Waals surface area contributed by atoms with Crippen LogP contribution in [0, 0.1) is 0 Å².